The van der Waals surface area contributed by atoms with Gasteiger partial charge in [0.1, 0.15) is 30.6 Å². The fraction of sp³-hybridized carbons (Fsp3) is 0.792. The number of rotatable bonds is 59. The van der Waals surface area contributed by atoms with E-state index in [0.29, 0.717) is 172 Å². The van der Waals surface area contributed by atoms with Gasteiger partial charge < -0.3 is 102 Å². The first-order valence-electron chi connectivity index (χ1n) is 47.2. The number of nitrogens with one attached hydrogen (secondary N) is 6. The van der Waals surface area contributed by atoms with Crippen molar-refractivity contribution in [1.82, 2.24) is 31.9 Å². The minimum absolute atomic E-state index is 0. The smallest absolute Gasteiger partial charge is 0.463 e. The molecule has 42 heteroatoms. The summed E-state index contributed by atoms with van der Waals surface area (Å²) in [5.41, 5.74) is 13.3. The zero-order valence-corrected chi connectivity index (χ0v) is 91.6. The Balaban J connectivity index is -0.000000170. The molecule has 0 aliphatic heterocycles. The summed E-state index contributed by atoms with van der Waals surface area (Å²) in [6.07, 6.45) is 12.6. The molecule has 0 bridgehead atoms. The van der Waals surface area contributed by atoms with E-state index in [-0.39, 0.29) is 139 Å². The zero-order valence-electron chi connectivity index (χ0n) is 88.9. The highest BCUT2D eigenvalue weighted by molar-refractivity contribution is 7.52. The molecule has 6 amide bonds. The second-order valence-electron chi connectivity index (χ2n) is 37.6. The standard InChI is InChI=1S/3C17H29NO4.3C8H18N2O.2C8H17O6P.C4H11O3P.CH4/c3*1-6-17(4,5)16(21)18-11-7-9-14(19)10-8-12-22-15(20)13(2)3;3*1-4-8(2,3)7(11)10-6-5-9;2*1-4-8(2,3)7(9)13-5-6-14-15(10,11)12;1-3-4(2)8(5,6)7;/h3*2,6-12H2,1,3-5H3,(H,18,21);3*4-6,9H2,1-3H3,(H,10,11);2*4-6H2,1-3H3,(H2,10,11,12);4H,3H2,1-2H3,(H2,5,6,7);1H4. The summed E-state index contributed by atoms with van der Waals surface area (Å²) in [7, 11) is -12.7. The van der Waals surface area contributed by atoms with Gasteiger partial charge in [0.05, 0.1) is 49.5 Å². The van der Waals surface area contributed by atoms with E-state index in [4.69, 9.17) is 70.2 Å². The van der Waals surface area contributed by atoms with Gasteiger partial charge in [-0.05, 0) is 145 Å². The Morgan fingerprint density at radius 3 is 0.623 bits per heavy atom. The number of ether oxygens (including phenoxy) is 5. The van der Waals surface area contributed by atoms with Gasteiger partial charge in [-0.25, -0.2) is 23.5 Å². The molecular formula is C96H190N9O30P3. The molecule has 0 aromatic heterocycles. The van der Waals surface area contributed by atoms with E-state index in [1.165, 1.54) is 0 Å². The topological polar surface area (TPSA) is 626 Å². The van der Waals surface area contributed by atoms with Crippen molar-refractivity contribution in [2.24, 2.45) is 60.5 Å². The molecule has 18 N–H and O–H groups in total. The number of carbonyl (C=O) groups is 14. The van der Waals surface area contributed by atoms with Crippen molar-refractivity contribution in [3.8, 4) is 0 Å². The Labute approximate surface area is 827 Å². The van der Waals surface area contributed by atoms with E-state index in [1.807, 2.05) is 138 Å². The second kappa shape index (κ2) is 81.1. The Bertz CT molecular complexity index is 3380. The molecule has 1 unspecified atom stereocenters. The molecule has 814 valence electrons. The van der Waals surface area contributed by atoms with Gasteiger partial charge in [-0.1, -0.05) is 179 Å². The zero-order chi connectivity index (χ0) is 109. The summed E-state index contributed by atoms with van der Waals surface area (Å²) in [5.74, 6) is -1.38. The molecule has 0 aliphatic rings. The summed E-state index contributed by atoms with van der Waals surface area (Å²) in [6.45, 7) is 68.6. The number of nitrogens with two attached hydrogens (primary N) is 3. The fourth-order valence-corrected chi connectivity index (χ4v) is 9.06. The van der Waals surface area contributed by atoms with E-state index < -0.39 is 69.6 Å². The summed E-state index contributed by atoms with van der Waals surface area (Å²) in [4.78, 5) is 210. The molecule has 0 rings (SSSR count). The van der Waals surface area contributed by atoms with Gasteiger partial charge in [0.25, 0.3) is 0 Å². The highest BCUT2D eigenvalue weighted by atomic mass is 31.2. The Kier molecular flexibility index (Phi) is 88.7. The highest BCUT2D eigenvalue weighted by Crippen LogP contribution is 2.42. The first-order valence-corrected chi connectivity index (χ1v) is 52.0. The van der Waals surface area contributed by atoms with Crippen LogP contribution in [0.4, 0.5) is 0 Å². The summed E-state index contributed by atoms with van der Waals surface area (Å²) >= 11 is 0. The monoisotopic (exact) mass is 2040 g/mol. The Morgan fingerprint density at radius 1 is 0.297 bits per heavy atom. The first-order chi connectivity index (χ1) is 62.6. The second-order valence-corrected chi connectivity index (χ2v) is 42.1. The van der Waals surface area contributed by atoms with Crippen LogP contribution in [0.15, 0.2) is 36.5 Å². The van der Waals surface area contributed by atoms with Crippen LogP contribution in [0, 0.1) is 43.3 Å². The van der Waals surface area contributed by atoms with Crippen LogP contribution in [-0.4, -0.2) is 223 Å². The van der Waals surface area contributed by atoms with Gasteiger partial charge >= 0.3 is 53.1 Å². The molecule has 0 aliphatic carbocycles. The fourth-order valence-electron chi connectivity index (χ4n) is 7.96. The minimum Gasteiger partial charge on any atom is -0.463 e. The van der Waals surface area contributed by atoms with Crippen molar-refractivity contribution in [3.63, 3.8) is 0 Å². The van der Waals surface area contributed by atoms with E-state index in [1.54, 1.807) is 62.3 Å². The lowest BCUT2D eigenvalue weighted by molar-refractivity contribution is -0.155. The number of Topliss-reactive ketones (excluding diaryl/α,β-unsaturated/α-hetero) is 3. The Morgan fingerprint density at radius 2 is 0.478 bits per heavy atom. The number of amides is 6. The SMILES string of the molecule is C.C=C(C)C(=O)OCCCC(=O)CCCNC(=O)C(C)(C)CC.C=C(C)C(=O)OCCCC(=O)CCCNC(=O)C(C)(C)CC.C=C(C)C(=O)OCCCC(=O)CCCNC(=O)C(C)(C)CC.CCC(C)(C)C(=O)NCCN.CCC(C)(C)C(=O)NCCN.CCC(C)(C)C(=O)NCCN.CCC(C)(C)C(=O)OCCOP(=O)(O)O.CCC(C)(C)C(=O)OCCOP(=O)(O)O.CCC(C)P(=O)(O)O. The van der Waals surface area contributed by atoms with Crippen molar-refractivity contribution < 1.29 is 143 Å². The van der Waals surface area contributed by atoms with Crippen molar-refractivity contribution in [2.75, 3.05) is 105 Å². The largest absolute Gasteiger partial charge is 0.469 e. The van der Waals surface area contributed by atoms with Crippen LogP contribution in [0.2, 0.25) is 0 Å². The van der Waals surface area contributed by atoms with Crippen LogP contribution in [0.5, 0.6) is 0 Å². The maximum Gasteiger partial charge on any atom is 0.469 e. The molecule has 0 saturated carbocycles. The van der Waals surface area contributed by atoms with Gasteiger partial charge in [0.15, 0.2) is 0 Å². The third kappa shape index (κ3) is 87.6. The maximum absolute atomic E-state index is 11.8. The van der Waals surface area contributed by atoms with Gasteiger partial charge in [0, 0.05) is 147 Å². The summed E-state index contributed by atoms with van der Waals surface area (Å²) in [6, 6.07) is 0. The lowest BCUT2D eigenvalue weighted by Crippen LogP contribution is -2.38. The molecule has 0 spiro atoms. The molecule has 39 nitrogen and oxygen atoms in total. The van der Waals surface area contributed by atoms with Crippen molar-refractivity contribution in [2.45, 2.75) is 349 Å². The maximum atomic E-state index is 11.8. The van der Waals surface area contributed by atoms with E-state index >= 15 is 0 Å². The minimum atomic E-state index is -4.46. The van der Waals surface area contributed by atoms with Crippen molar-refractivity contribution in [1.29, 1.82) is 0 Å². The summed E-state index contributed by atoms with van der Waals surface area (Å²) in [5, 5.41) is 16.8. The number of esters is 5. The van der Waals surface area contributed by atoms with E-state index in [2.05, 4.69) is 60.7 Å². The number of carbonyl (C=O) groups excluding carboxylic acids is 14. The van der Waals surface area contributed by atoms with Crippen molar-refractivity contribution >= 4 is 106 Å². The number of ketones is 3. The number of phosphoric acid groups is 2. The lowest BCUT2D eigenvalue weighted by atomic mass is 9.89. The van der Waals surface area contributed by atoms with Crippen LogP contribution in [0.1, 0.15) is 343 Å². The molecule has 0 radical (unpaired) electrons. The number of hydrogen-bond acceptors (Lipinski definition) is 27. The lowest BCUT2D eigenvalue weighted by Gasteiger charge is -2.21. The van der Waals surface area contributed by atoms with Gasteiger partial charge in [-0.3, -0.25) is 66.4 Å². The van der Waals surface area contributed by atoms with Crippen LogP contribution in [0.25, 0.3) is 0 Å². The molecule has 1 atom stereocenters. The molecular weight excluding hydrogens is 1850 g/mol. The van der Waals surface area contributed by atoms with Crippen molar-refractivity contribution in [3.05, 3.63) is 36.5 Å². The third-order valence-corrected chi connectivity index (χ3v) is 24.3. The van der Waals surface area contributed by atoms with E-state index in [0.717, 1.165) is 38.5 Å². The summed E-state index contributed by atoms with van der Waals surface area (Å²) < 4.78 is 63.3. The van der Waals surface area contributed by atoms with Crippen LogP contribution < -0.4 is 49.1 Å². The average Bonchev–Trinajstić information content (AvgIpc) is 0.984. The quantitative estimate of drug-likeness (QED) is 0.00884. The molecule has 0 fully saturated rings. The highest BCUT2D eigenvalue weighted by Gasteiger charge is 2.32. The van der Waals surface area contributed by atoms with Crippen LogP contribution in [0.3, 0.4) is 0 Å². The first kappa shape index (κ1) is 151. The molecule has 0 heterocycles. The molecule has 0 saturated heterocycles. The number of phosphoric ester groups is 2. The van der Waals surface area contributed by atoms with Crippen LogP contribution in [-0.2, 0) is 114 Å². The molecule has 138 heavy (non-hydrogen) atoms. The average molecular weight is 2040 g/mol. The molecule has 0 aromatic rings. The predicted molar refractivity (Wildman–Crippen MR) is 542 cm³/mol. The molecule has 0 aromatic carbocycles. The Hall–Kier alpha value is -7.35. The third-order valence-electron chi connectivity index (χ3n) is 21.8. The van der Waals surface area contributed by atoms with E-state index in [9.17, 15) is 80.8 Å². The van der Waals surface area contributed by atoms with Gasteiger partial charge in [-0.15, -0.1) is 0 Å². The van der Waals surface area contributed by atoms with Gasteiger partial charge in [0.2, 0.25) is 35.4 Å². The van der Waals surface area contributed by atoms with Gasteiger partial charge in [-0.2, -0.15) is 0 Å². The van der Waals surface area contributed by atoms with Crippen LogP contribution >= 0.6 is 23.2 Å². The number of hydrogen-bond donors (Lipinski definition) is 15. The predicted octanol–water partition coefficient (Wildman–Crippen LogP) is 13.6. The normalized spacial score (nSPS) is 11.6.